The second-order valence-corrected chi connectivity index (χ2v) is 8.79. The molecule has 8 heteroatoms. The highest BCUT2D eigenvalue weighted by Crippen LogP contribution is 2.47. The van der Waals surface area contributed by atoms with E-state index in [1.54, 1.807) is 26.2 Å². The molecule has 2 N–H and O–H groups in total. The molecule has 0 radical (unpaired) electrons. The number of carbonyl (C=O) groups is 2. The molecule has 190 valence electrons. The average Bonchev–Trinajstić information content (AvgIpc) is 3.43. The van der Waals surface area contributed by atoms with E-state index in [4.69, 9.17) is 14.2 Å². The van der Waals surface area contributed by atoms with E-state index in [2.05, 4.69) is 10.3 Å². The molecule has 1 aliphatic rings. The molecule has 5 rings (SSSR count). The molecule has 3 aromatic carbocycles. The van der Waals surface area contributed by atoms with E-state index < -0.39 is 6.04 Å². The minimum atomic E-state index is -0.487. The van der Waals surface area contributed by atoms with E-state index in [0.717, 1.165) is 33.3 Å². The Labute approximate surface area is 215 Å². The summed E-state index contributed by atoms with van der Waals surface area (Å²) in [6, 6.07) is 20.6. The zero-order valence-corrected chi connectivity index (χ0v) is 21.0. The molecule has 0 saturated heterocycles. The van der Waals surface area contributed by atoms with Crippen molar-refractivity contribution < 1.29 is 23.8 Å². The quantitative estimate of drug-likeness (QED) is 0.338. The van der Waals surface area contributed by atoms with E-state index >= 15 is 0 Å². The number of hydrogen-bond donors (Lipinski definition) is 2. The number of hydrogen-bond acceptors (Lipinski definition) is 5. The summed E-state index contributed by atoms with van der Waals surface area (Å²) in [7, 11) is 4.82. The Morgan fingerprint density at radius 1 is 0.973 bits per heavy atom. The Morgan fingerprint density at radius 3 is 2.54 bits per heavy atom. The molecule has 2 heterocycles. The van der Waals surface area contributed by atoms with Crippen molar-refractivity contribution in [2.24, 2.45) is 0 Å². The van der Waals surface area contributed by atoms with Crippen LogP contribution in [-0.2, 0) is 9.53 Å². The molecular weight excluding hydrogens is 470 g/mol. The van der Waals surface area contributed by atoms with Gasteiger partial charge < -0.3 is 29.4 Å². The van der Waals surface area contributed by atoms with Crippen LogP contribution < -0.4 is 14.8 Å². The van der Waals surface area contributed by atoms with Crippen LogP contribution in [0.5, 0.6) is 11.5 Å². The number of benzene rings is 3. The van der Waals surface area contributed by atoms with Gasteiger partial charge in [-0.25, -0.2) is 0 Å². The van der Waals surface area contributed by atoms with Gasteiger partial charge in [-0.2, -0.15) is 0 Å². The predicted octanol–water partition coefficient (Wildman–Crippen LogP) is 4.16. The Hall–Kier alpha value is -4.30. The number of H-pyrrole nitrogens is 1. The van der Waals surface area contributed by atoms with Gasteiger partial charge in [-0.1, -0.05) is 36.4 Å². The third-order valence-electron chi connectivity index (χ3n) is 6.70. The number of rotatable bonds is 9. The van der Waals surface area contributed by atoms with Gasteiger partial charge in [-0.15, -0.1) is 0 Å². The molecular formula is C29H29N3O5. The molecule has 1 aliphatic heterocycles. The fourth-order valence-electron chi connectivity index (χ4n) is 5.02. The van der Waals surface area contributed by atoms with Crippen molar-refractivity contribution in [3.8, 4) is 22.8 Å². The third-order valence-corrected chi connectivity index (χ3v) is 6.70. The van der Waals surface area contributed by atoms with Gasteiger partial charge in [0.1, 0.15) is 18.0 Å². The van der Waals surface area contributed by atoms with E-state index in [0.29, 0.717) is 30.2 Å². The molecule has 2 amide bonds. The number of aromatic nitrogens is 1. The molecule has 1 atom stereocenters. The molecule has 0 saturated carbocycles. The summed E-state index contributed by atoms with van der Waals surface area (Å²) in [4.78, 5) is 31.7. The SMILES string of the molecule is COCCNC(=O)CN1C(=O)c2ccccc2[C@H]1c1c(-c2cc(OC)ccc2OC)[nH]c2ccccc12. The van der Waals surface area contributed by atoms with Gasteiger partial charge in [0.15, 0.2) is 0 Å². The first kappa shape index (κ1) is 24.4. The largest absolute Gasteiger partial charge is 0.497 e. The van der Waals surface area contributed by atoms with Crippen molar-refractivity contribution in [2.45, 2.75) is 6.04 Å². The first-order valence-corrected chi connectivity index (χ1v) is 12.1. The van der Waals surface area contributed by atoms with Gasteiger partial charge >= 0.3 is 0 Å². The van der Waals surface area contributed by atoms with E-state index in [-0.39, 0.29) is 18.4 Å². The van der Waals surface area contributed by atoms with Crippen LogP contribution in [0.25, 0.3) is 22.2 Å². The van der Waals surface area contributed by atoms with Crippen LogP contribution in [0.3, 0.4) is 0 Å². The Bertz CT molecular complexity index is 1460. The van der Waals surface area contributed by atoms with Gasteiger partial charge in [0.25, 0.3) is 5.91 Å². The minimum Gasteiger partial charge on any atom is -0.497 e. The maximum absolute atomic E-state index is 13.6. The fourth-order valence-corrected chi connectivity index (χ4v) is 5.02. The zero-order valence-electron chi connectivity index (χ0n) is 21.0. The number of nitrogens with zero attached hydrogens (tertiary/aromatic N) is 1. The highest BCUT2D eigenvalue weighted by atomic mass is 16.5. The molecule has 0 fully saturated rings. The summed E-state index contributed by atoms with van der Waals surface area (Å²) in [5.74, 6) is 0.910. The third kappa shape index (κ3) is 4.40. The van der Waals surface area contributed by atoms with Crippen molar-refractivity contribution in [3.63, 3.8) is 0 Å². The van der Waals surface area contributed by atoms with E-state index in [1.165, 1.54) is 0 Å². The number of fused-ring (bicyclic) bond motifs is 2. The zero-order chi connectivity index (χ0) is 25.9. The lowest BCUT2D eigenvalue weighted by Crippen LogP contribution is -2.40. The Balaban J connectivity index is 1.71. The second kappa shape index (κ2) is 10.4. The topological polar surface area (TPSA) is 92.9 Å². The first-order valence-electron chi connectivity index (χ1n) is 12.1. The summed E-state index contributed by atoms with van der Waals surface area (Å²) >= 11 is 0. The lowest BCUT2D eigenvalue weighted by Gasteiger charge is -2.26. The number of ether oxygens (including phenoxy) is 3. The van der Waals surface area contributed by atoms with Crippen LogP contribution in [0.2, 0.25) is 0 Å². The van der Waals surface area contributed by atoms with Gasteiger partial charge in [-0.3, -0.25) is 9.59 Å². The first-order chi connectivity index (χ1) is 18.1. The van der Waals surface area contributed by atoms with Crippen LogP contribution in [0, 0.1) is 0 Å². The Kier molecular flexibility index (Phi) is 6.83. The fraction of sp³-hybridized carbons (Fsp3) is 0.241. The smallest absolute Gasteiger partial charge is 0.255 e. The average molecular weight is 500 g/mol. The van der Waals surface area contributed by atoms with Gasteiger partial charge in [0, 0.05) is 41.2 Å². The number of para-hydroxylation sites is 1. The molecule has 8 nitrogen and oxygen atoms in total. The molecule has 0 spiro atoms. The van der Waals surface area contributed by atoms with Crippen LogP contribution in [0.1, 0.15) is 27.5 Å². The standard InChI is InChI=1S/C29H29N3O5/c1-35-15-14-30-25(33)17-32-28(19-8-4-5-9-20(19)29(32)34)26-21-10-6-7-11-23(21)31-27(26)22-16-18(36-2)12-13-24(22)37-3/h4-13,16,28,31H,14-15,17H2,1-3H3,(H,30,33)/t28-/m0/s1. The summed E-state index contributed by atoms with van der Waals surface area (Å²) < 4.78 is 16.3. The van der Waals surface area contributed by atoms with Gasteiger partial charge in [0.2, 0.25) is 5.91 Å². The number of nitrogens with one attached hydrogen (secondary N) is 2. The number of aromatic amines is 1. The minimum absolute atomic E-state index is 0.0872. The molecule has 0 bridgehead atoms. The van der Waals surface area contributed by atoms with Crippen molar-refractivity contribution in [2.75, 3.05) is 41.0 Å². The Morgan fingerprint density at radius 2 is 1.76 bits per heavy atom. The van der Waals surface area contributed by atoms with Crippen molar-refractivity contribution in [1.29, 1.82) is 0 Å². The maximum Gasteiger partial charge on any atom is 0.255 e. The van der Waals surface area contributed by atoms with Crippen LogP contribution in [0.15, 0.2) is 66.7 Å². The lowest BCUT2D eigenvalue weighted by atomic mass is 9.93. The monoisotopic (exact) mass is 499 g/mol. The van der Waals surface area contributed by atoms with Crippen LogP contribution in [-0.4, -0.2) is 62.7 Å². The lowest BCUT2D eigenvalue weighted by molar-refractivity contribution is -0.122. The number of carbonyl (C=O) groups excluding carboxylic acids is 2. The summed E-state index contributed by atoms with van der Waals surface area (Å²) in [5, 5.41) is 3.80. The van der Waals surface area contributed by atoms with Crippen molar-refractivity contribution in [3.05, 3.63) is 83.4 Å². The van der Waals surface area contributed by atoms with Crippen molar-refractivity contribution in [1.82, 2.24) is 15.2 Å². The van der Waals surface area contributed by atoms with E-state index in [9.17, 15) is 9.59 Å². The summed E-state index contributed by atoms with van der Waals surface area (Å²) in [6.45, 7) is 0.677. The second-order valence-electron chi connectivity index (χ2n) is 8.79. The molecule has 4 aromatic rings. The van der Waals surface area contributed by atoms with Crippen LogP contribution in [0.4, 0.5) is 0 Å². The highest BCUT2D eigenvalue weighted by molar-refractivity contribution is 6.03. The summed E-state index contributed by atoms with van der Waals surface area (Å²) in [6.07, 6.45) is 0. The van der Waals surface area contributed by atoms with Gasteiger partial charge in [-0.05, 0) is 35.9 Å². The molecule has 0 unspecified atom stereocenters. The summed E-state index contributed by atoms with van der Waals surface area (Å²) in [5.41, 5.74) is 4.85. The molecule has 0 aliphatic carbocycles. The highest BCUT2D eigenvalue weighted by Gasteiger charge is 2.41. The van der Waals surface area contributed by atoms with E-state index in [1.807, 2.05) is 66.7 Å². The van der Waals surface area contributed by atoms with Gasteiger partial charge in [0.05, 0.1) is 32.6 Å². The molecule has 37 heavy (non-hydrogen) atoms. The normalized spacial score (nSPS) is 14.6. The van der Waals surface area contributed by atoms with Crippen LogP contribution >= 0.6 is 0 Å². The van der Waals surface area contributed by atoms with Crippen molar-refractivity contribution >= 4 is 22.7 Å². The molecule has 1 aromatic heterocycles. The maximum atomic E-state index is 13.6. The number of amides is 2. The number of methoxy groups -OCH3 is 3. The predicted molar refractivity (Wildman–Crippen MR) is 141 cm³/mol.